The summed E-state index contributed by atoms with van der Waals surface area (Å²) < 4.78 is 0. The molecule has 74 valence electrons. The van der Waals surface area contributed by atoms with E-state index in [1.807, 2.05) is 0 Å². The molecule has 1 fully saturated rings. The fourth-order valence-electron chi connectivity index (χ4n) is 1.73. The molecule has 0 aliphatic carbocycles. The van der Waals surface area contributed by atoms with Crippen molar-refractivity contribution in [3.05, 3.63) is 0 Å². The second kappa shape index (κ2) is 3.74. The second-order valence-corrected chi connectivity index (χ2v) is 3.32. The highest BCUT2D eigenvalue weighted by atomic mass is 16.4. The number of carbonyl (C=O) groups is 2. The Bertz CT molecular complexity index is 228. The predicted octanol–water partition coefficient (Wildman–Crippen LogP) is 0.0787. The first-order valence-corrected chi connectivity index (χ1v) is 4.20. The minimum atomic E-state index is -1.07. The third-order valence-electron chi connectivity index (χ3n) is 2.29. The van der Waals surface area contributed by atoms with Crippen LogP contribution in [0, 0.1) is 0 Å². The van der Waals surface area contributed by atoms with E-state index in [4.69, 9.17) is 10.2 Å². The van der Waals surface area contributed by atoms with E-state index in [9.17, 15) is 9.59 Å². The molecule has 0 aromatic carbocycles. The van der Waals surface area contributed by atoms with E-state index in [2.05, 4.69) is 0 Å². The normalized spacial score (nSPS) is 29.1. The van der Waals surface area contributed by atoms with Gasteiger partial charge in [0.1, 0.15) is 5.78 Å². The lowest BCUT2D eigenvalue weighted by Crippen LogP contribution is -2.52. The first-order chi connectivity index (χ1) is 6.06. The summed E-state index contributed by atoms with van der Waals surface area (Å²) >= 11 is 0. The zero-order valence-electron chi connectivity index (χ0n) is 7.43. The number of rotatable bonds is 1. The van der Waals surface area contributed by atoms with Gasteiger partial charge in [0.15, 0.2) is 0 Å². The third-order valence-corrected chi connectivity index (χ3v) is 2.29. The fraction of sp³-hybridized carbons (Fsp3) is 0.750. The lowest BCUT2D eigenvalue weighted by Gasteiger charge is -2.36. The molecule has 2 N–H and O–H groups in total. The highest BCUT2D eigenvalue weighted by Gasteiger charge is 2.34. The Balaban J connectivity index is 2.77. The highest BCUT2D eigenvalue weighted by Crippen LogP contribution is 2.19. The van der Waals surface area contributed by atoms with Gasteiger partial charge in [0.2, 0.25) is 0 Å². The van der Waals surface area contributed by atoms with E-state index in [0.29, 0.717) is 0 Å². The number of likely N-dealkylation sites (tertiary alicyclic amines) is 1. The summed E-state index contributed by atoms with van der Waals surface area (Å²) in [7, 11) is 0. The van der Waals surface area contributed by atoms with Crippen molar-refractivity contribution in [3.8, 4) is 0 Å². The molecule has 1 unspecified atom stereocenters. The number of carboxylic acid groups (broad SMARTS) is 1. The van der Waals surface area contributed by atoms with Gasteiger partial charge < -0.3 is 10.2 Å². The molecule has 1 rings (SSSR count). The summed E-state index contributed by atoms with van der Waals surface area (Å²) in [6.07, 6.45) is -0.685. The molecule has 1 amide bonds. The van der Waals surface area contributed by atoms with Crippen molar-refractivity contribution in [2.45, 2.75) is 31.8 Å². The van der Waals surface area contributed by atoms with Crippen molar-refractivity contribution in [2.75, 3.05) is 6.61 Å². The van der Waals surface area contributed by atoms with E-state index in [1.54, 1.807) is 6.92 Å². The maximum absolute atomic E-state index is 11.1. The van der Waals surface area contributed by atoms with Gasteiger partial charge in [-0.05, 0) is 6.92 Å². The zero-order chi connectivity index (χ0) is 10.0. The van der Waals surface area contributed by atoms with Gasteiger partial charge in [0, 0.05) is 18.9 Å². The van der Waals surface area contributed by atoms with E-state index in [-0.39, 0.29) is 31.3 Å². The minimum Gasteiger partial charge on any atom is -0.465 e. The predicted molar refractivity (Wildman–Crippen MR) is 44.4 cm³/mol. The molecule has 0 saturated carbocycles. The van der Waals surface area contributed by atoms with Crippen LogP contribution in [0.5, 0.6) is 0 Å². The molecule has 0 aromatic rings. The highest BCUT2D eigenvalue weighted by molar-refractivity contribution is 5.82. The smallest absolute Gasteiger partial charge is 0.407 e. The van der Waals surface area contributed by atoms with E-state index in [1.165, 1.54) is 0 Å². The van der Waals surface area contributed by atoms with Crippen LogP contribution in [0.15, 0.2) is 0 Å². The van der Waals surface area contributed by atoms with Crippen LogP contribution in [0.1, 0.15) is 19.8 Å². The molecule has 5 heteroatoms. The molecule has 0 bridgehead atoms. The van der Waals surface area contributed by atoms with Gasteiger partial charge in [-0.2, -0.15) is 0 Å². The molecule has 1 saturated heterocycles. The van der Waals surface area contributed by atoms with Crippen molar-refractivity contribution in [1.82, 2.24) is 4.90 Å². The largest absolute Gasteiger partial charge is 0.465 e. The van der Waals surface area contributed by atoms with Gasteiger partial charge in [-0.1, -0.05) is 0 Å². The number of nitrogens with zero attached hydrogens (tertiary/aromatic N) is 1. The van der Waals surface area contributed by atoms with Gasteiger partial charge in [0.05, 0.1) is 12.6 Å². The van der Waals surface area contributed by atoms with E-state index < -0.39 is 12.1 Å². The molecular formula is C8H13NO4. The lowest BCUT2D eigenvalue weighted by atomic mass is 9.96. The van der Waals surface area contributed by atoms with Gasteiger partial charge in [0.25, 0.3) is 0 Å². The minimum absolute atomic E-state index is 0.0176. The number of hydrogen-bond donors (Lipinski definition) is 2. The number of hydrogen-bond acceptors (Lipinski definition) is 3. The van der Waals surface area contributed by atoms with E-state index in [0.717, 1.165) is 4.90 Å². The van der Waals surface area contributed by atoms with Crippen LogP contribution in [0.3, 0.4) is 0 Å². The first kappa shape index (κ1) is 9.98. The average molecular weight is 187 g/mol. The van der Waals surface area contributed by atoms with Crippen LogP contribution in [-0.4, -0.2) is 45.7 Å². The van der Waals surface area contributed by atoms with Crippen LogP contribution in [0.4, 0.5) is 4.79 Å². The SMILES string of the molecule is CC1CC(=O)C[C@@H](CO)N1C(=O)O. The monoisotopic (exact) mass is 187 g/mol. The van der Waals surface area contributed by atoms with E-state index >= 15 is 0 Å². The summed E-state index contributed by atoms with van der Waals surface area (Å²) in [4.78, 5) is 23.0. The van der Waals surface area contributed by atoms with Gasteiger partial charge >= 0.3 is 6.09 Å². The molecule has 1 heterocycles. The summed E-state index contributed by atoms with van der Waals surface area (Å²) in [5.41, 5.74) is 0. The van der Waals surface area contributed by atoms with Gasteiger partial charge in [-0.3, -0.25) is 9.69 Å². The molecule has 1 aliphatic rings. The van der Waals surface area contributed by atoms with Crippen molar-refractivity contribution in [3.63, 3.8) is 0 Å². The van der Waals surface area contributed by atoms with Crippen molar-refractivity contribution in [2.24, 2.45) is 0 Å². The number of aliphatic hydroxyl groups is 1. The van der Waals surface area contributed by atoms with Crippen LogP contribution in [0.25, 0.3) is 0 Å². The Hall–Kier alpha value is -1.10. The van der Waals surface area contributed by atoms with Crippen LogP contribution in [0.2, 0.25) is 0 Å². The third kappa shape index (κ3) is 1.98. The number of carbonyl (C=O) groups excluding carboxylic acids is 1. The first-order valence-electron chi connectivity index (χ1n) is 4.20. The van der Waals surface area contributed by atoms with Gasteiger partial charge in [-0.15, -0.1) is 0 Å². The van der Waals surface area contributed by atoms with Gasteiger partial charge in [-0.25, -0.2) is 4.79 Å². The zero-order valence-corrected chi connectivity index (χ0v) is 7.43. The number of ketones is 1. The Kier molecular flexibility index (Phi) is 2.87. The Morgan fingerprint density at radius 1 is 1.62 bits per heavy atom. The number of piperidine rings is 1. The Morgan fingerprint density at radius 3 is 2.69 bits per heavy atom. The quantitative estimate of drug-likeness (QED) is 0.609. The lowest BCUT2D eigenvalue weighted by molar-refractivity contribution is -0.124. The Morgan fingerprint density at radius 2 is 2.23 bits per heavy atom. The summed E-state index contributed by atoms with van der Waals surface area (Å²) in [6, 6.07) is -0.885. The maximum Gasteiger partial charge on any atom is 0.407 e. The average Bonchev–Trinajstić information content (AvgIpc) is 2.01. The molecule has 2 atom stereocenters. The molecule has 13 heavy (non-hydrogen) atoms. The number of Topliss-reactive ketones (excluding diaryl/α,β-unsaturated/α-hetero) is 1. The van der Waals surface area contributed by atoms with Crippen LogP contribution < -0.4 is 0 Å². The van der Waals surface area contributed by atoms with Crippen molar-refractivity contribution in [1.29, 1.82) is 0 Å². The van der Waals surface area contributed by atoms with Crippen LogP contribution >= 0.6 is 0 Å². The number of amides is 1. The number of aliphatic hydroxyl groups excluding tert-OH is 1. The Labute approximate surface area is 76.0 Å². The topological polar surface area (TPSA) is 77.8 Å². The molecule has 1 aliphatic heterocycles. The summed E-state index contributed by atoms with van der Waals surface area (Å²) in [5.74, 6) is 0.0176. The van der Waals surface area contributed by atoms with Crippen molar-refractivity contribution < 1.29 is 19.8 Å². The molecule has 0 aromatic heterocycles. The molecule has 0 radical (unpaired) electrons. The maximum atomic E-state index is 11.1. The van der Waals surface area contributed by atoms with Crippen LogP contribution in [-0.2, 0) is 4.79 Å². The molecule has 0 spiro atoms. The molecule has 5 nitrogen and oxygen atoms in total. The standard InChI is InChI=1S/C8H13NO4/c1-5-2-7(11)3-6(4-10)9(5)8(12)13/h5-6,10H,2-4H2,1H3,(H,12,13)/t5?,6-/m0/s1. The summed E-state index contributed by atoms with van der Waals surface area (Å²) in [5, 5.41) is 17.7. The van der Waals surface area contributed by atoms with Crippen molar-refractivity contribution >= 4 is 11.9 Å². The summed E-state index contributed by atoms with van der Waals surface area (Å²) in [6.45, 7) is 1.39. The fourth-order valence-corrected chi connectivity index (χ4v) is 1.73. The molecular weight excluding hydrogens is 174 g/mol. The second-order valence-electron chi connectivity index (χ2n) is 3.32.